The van der Waals surface area contributed by atoms with E-state index in [4.69, 9.17) is 0 Å². The van der Waals surface area contributed by atoms with Gasteiger partial charge in [0.05, 0.1) is 11.1 Å². The highest BCUT2D eigenvalue weighted by Gasteiger charge is 2.42. The van der Waals surface area contributed by atoms with Crippen molar-refractivity contribution in [3.8, 4) is 6.07 Å². The zero-order chi connectivity index (χ0) is 15.3. The summed E-state index contributed by atoms with van der Waals surface area (Å²) < 4.78 is 1.01. The fraction of sp³-hybridized carbons (Fsp3) is 0.625. The minimum Gasteiger partial charge on any atom is -0.297 e. The van der Waals surface area contributed by atoms with Crippen LogP contribution in [-0.4, -0.2) is 22.3 Å². The number of aromatic nitrogens is 1. The second-order valence-corrected chi connectivity index (χ2v) is 7.95. The fourth-order valence-corrected chi connectivity index (χ4v) is 4.24. The molecule has 0 spiro atoms. The lowest BCUT2D eigenvalue weighted by Gasteiger charge is -2.32. The predicted molar refractivity (Wildman–Crippen MR) is 91.2 cm³/mol. The maximum Gasteiger partial charge on any atom is 0.109 e. The molecule has 1 aliphatic rings. The summed E-state index contributed by atoms with van der Waals surface area (Å²) in [6.45, 7) is 4.24. The van der Waals surface area contributed by atoms with Crippen LogP contribution in [0.4, 0.5) is 0 Å². The van der Waals surface area contributed by atoms with Gasteiger partial charge in [0.25, 0.3) is 0 Å². The van der Waals surface area contributed by atoms with Gasteiger partial charge in [-0.25, -0.2) is 4.98 Å². The summed E-state index contributed by atoms with van der Waals surface area (Å²) in [6.07, 6.45) is 6.18. The van der Waals surface area contributed by atoms with Gasteiger partial charge in [-0.3, -0.25) is 5.32 Å². The SMILES string of the molecule is CC(C)NC1(C#N)CCCC1CCSc1ccc(Br)cn1. The molecule has 5 heteroatoms. The molecule has 3 nitrogen and oxygen atoms in total. The molecule has 2 rings (SSSR count). The van der Waals surface area contributed by atoms with Crippen molar-refractivity contribution in [1.29, 1.82) is 5.26 Å². The van der Waals surface area contributed by atoms with Crippen molar-refractivity contribution in [2.45, 2.75) is 56.1 Å². The highest BCUT2D eigenvalue weighted by molar-refractivity contribution is 9.10. The van der Waals surface area contributed by atoms with Crippen LogP contribution >= 0.6 is 27.7 Å². The van der Waals surface area contributed by atoms with Crippen molar-refractivity contribution < 1.29 is 0 Å². The standard InChI is InChI=1S/C16H22BrN3S/c1-12(2)20-16(11-18)8-3-4-13(16)7-9-21-15-6-5-14(17)10-19-15/h5-6,10,12-13,20H,3-4,7-9H2,1-2H3. The first kappa shape index (κ1) is 16.8. The third kappa shape index (κ3) is 4.45. The van der Waals surface area contributed by atoms with Gasteiger partial charge in [-0.2, -0.15) is 5.26 Å². The quantitative estimate of drug-likeness (QED) is 0.757. The zero-order valence-corrected chi connectivity index (χ0v) is 15.0. The van der Waals surface area contributed by atoms with Crippen LogP contribution in [0.25, 0.3) is 0 Å². The highest BCUT2D eigenvalue weighted by Crippen LogP contribution is 2.39. The van der Waals surface area contributed by atoms with E-state index in [1.807, 2.05) is 18.3 Å². The summed E-state index contributed by atoms with van der Waals surface area (Å²) in [4.78, 5) is 4.38. The summed E-state index contributed by atoms with van der Waals surface area (Å²) in [7, 11) is 0. The van der Waals surface area contributed by atoms with E-state index in [0.29, 0.717) is 12.0 Å². The Labute approximate surface area is 140 Å². The molecular formula is C16H22BrN3S. The van der Waals surface area contributed by atoms with E-state index in [0.717, 1.165) is 40.9 Å². The molecule has 1 aromatic heterocycles. The van der Waals surface area contributed by atoms with Crippen molar-refractivity contribution in [1.82, 2.24) is 10.3 Å². The number of halogens is 1. The molecule has 1 fully saturated rings. The van der Waals surface area contributed by atoms with Crippen LogP contribution in [0.3, 0.4) is 0 Å². The molecule has 0 aromatic carbocycles. The van der Waals surface area contributed by atoms with Gasteiger partial charge in [-0.1, -0.05) is 6.42 Å². The maximum atomic E-state index is 9.65. The molecule has 2 atom stereocenters. The van der Waals surface area contributed by atoms with Crippen LogP contribution in [0.5, 0.6) is 0 Å². The van der Waals surface area contributed by atoms with Gasteiger partial charge in [-0.05, 0) is 72.8 Å². The minimum absolute atomic E-state index is 0.318. The molecule has 21 heavy (non-hydrogen) atoms. The van der Waals surface area contributed by atoms with Gasteiger partial charge < -0.3 is 0 Å². The maximum absolute atomic E-state index is 9.65. The van der Waals surface area contributed by atoms with Crippen LogP contribution < -0.4 is 5.32 Å². The van der Waals surface area contributed by atoms with Crippen LogP contribution in [0.15, 0.2) is 27.8 Å². The lowest BCUT2D eigenvalue weighted by Crippen LogP contribution is -2.50. The van der Waals surface area contributed by atoms with Crippen LogP contribution in [0.2, 0.25) is 0 Å². The average Bonchev–Trinajstić information content (AvgIpc) is 2.84. The molecule has 1 aliphatic carbocycles. The van der Waals surface area contributed by atoms with Crippen molar-refractivity contribution in [2.75, 3.05) is 5.75 Å². The first-order chi connectivity index (χ1) is 10.1. The summed E-state index contributed by atoms with van der Waals surface area (Å²) in [5.74, 6) is 1.47. The van der Waals surface area contributed by atoms with Gasteiger partial charge in [0.2, 0.25) is 0 Å². The molecule has 2 unspecified atom stereocenters. The Kier molecular flexibility index (Phi) is 6.09. The van der Waals surface area contributed by atoms with Gasteiger partial charge in [0.1, 0.15) is 5.54 Å². The largest absolute Gasteiger partial charge is 0.297 e. The fourth-order valence-electron chi connectivity index (χ4n) is 3.11. The zero-order valence-electron chi connectivity index (χ0n) is 12.6. The average molecular weight is 368 g/mol. The number of hydrogen-bond acceptors (Lipinski definition) is 4. The molecule has 0 saturated heterocycles. The van der Waals surface area contributed by atoms with E-state index < -0.39 is 0 Å². The Morgan fingerprint density at radius 3 is 3.00 bits per heavy atom. The number of thioether (sulfide) groups is 1. The number of pyridine rings is 1. The molecule has 0 radical (unpaired) electrons. The molecule has 0 aliphatic heterocycles. The molecule has 0 bridgehead atoms. The van der Waals surface area contributed by atoms with Crippen LogP contribution in [0.1, 0.15) is 39.5 Å². The van der Waals surface area contributed by atoms with Crippen molar-refractivity contribution in [2.24, 2.45) is 5.92 Å². The number of hydrogen-bond donors (Lipinski definition) is 1. The van der Waals surface area contributed by atoms with Crippen LogP contribution in [0, 0.1) is 17.2 Å². The van der Waals surface area contributed by atoms with Crippen molar-refractivity contribution in [3.63, 3.8) is 0 Å². The van der Waals surface area contributed by atoms with Crippen LogP contribution in [-0.2, 0) is 0 Å². The smallest absolute Gasteiger partial charge is 0.109 e. The highest BCUT2D eigenvalue weighted by atomic mass is 79.9. The van der Waals surface area contributed by atoms with Crippen molar-refractivity contribution in [3.05, 3.63) is 22.8 Å². The van der Waals surface area contributed by atoms with E-state index in [2.05, 4.69) is 46.1 Å². The molecule has 1 aromatic rings. The third-order valence-electron chi connectivity index (χ3n) is 3.98. The molecular weight excluding hydrogens is 346 g/mol. The van der Waals surface area contributed by atoms with Crippen molar-refractivity contribution >= 4 is 27.7 Å². The summed E-state index contributed by atoms with van der Waals surface area (Å²) in [6, 6.07) is 6.98. The first-order valence-electron chi connectivity index (χ1n) is 7.49. The van der Waals surface area contributed by atoms with E-state index in [-0.39, 0.29) is 5.54 Å². The van der Waals surface area contributed by atoms with Gasteiger partial charge in [0, 0.05) is 16.7 Å². The Bertz CT molecular complexity index is 497. The molecule has 1 saturated carbocycles. The molecule has 1 heterocycles. The Hall–Kier alpha value is -0.570. The topological polar surface area (TPSA) is 48.7 Å². The summed E-state index contributed by atoms with van der Waals surface area (Å²) in [5.41, 5.74) is -0.318. The Balaban J connectivity index is 1.89. The monoisotopic (exact) mass is 367 g/mol. The van der Waals surface area contributed by atoms with Gasteiger partial charge >= 0.3 is 0 Å². The first-order valence-corrected chi connectivity index (χ1v) is 9.27. The second-order valence-electron chi connectivity index (χ2n) is 5.92. The predicted octanol–water partition coefficient (Wildman–Crippen LogP) is 4.39. The molecule has 0 amide bonds. The summed E-state index contributed by atoms with van der Waals surface area (Å²) in [5, 5.41) is 14.2. The normalized spacial score (nSPS) is 25.2. The van der Waals surface area contributed by atoms with E-state index in [1.165, 1.54) is 0 Å². The van der Waals surface area contributed by atoms with E-state index in [9.17, 15) is 5.26 Å². The number of nitrogens with one attached hydrogen (secondary N) is 1. The van der Waals surface area contributed by atoms with Gasteiger partial charge in [-0.15, -0.1) is 11.8 Å². The molecule has 1 N–H and O–H groups in total. The number of nitriles is 1. The number of rotatable bonds is 6. The number of nitrogens with zero attached hydrogens (tertiary/aromatic N) is 2. The molecule has 114 valence electrons. The second kappa shape index (κ2) is 7.62. The Morgan fingerprint density at radius 2 is 2.38 bits per heavy atom. The lowest BCUT2D eigenvalue weighted by atomic mass is 9.86. The van der Waals surface area contributed by atoms with E-state index in [1.54, 1.807) is 11.8 Å². The van der Waals surface area contributed by atoms with Gasteiger partial charge in [0.15, 0.2) is 0 Å². The third-order valence-corrected chi connectivity index (χ3v) is 5.43. The minimum atomic E-state index is -0.318. The van der Waals surface area contributed by atoms with E-state index >= 15 is 0 Å². The lowest BCUT2D eigenvalue weighted by molar-refractivity contribution is 0.289. The summed E-state index contributed by atoms with van der Waals surface area (Å²) >= 11 is 5.18. The Morgan fingerprint density at radius 1 is 1.57 bits per heavy atom.